The summed E-state index contributed by atoms with van der Waals surface area (Å²) < 4.78 is 19.0. The van der Waals surface area contributed by atoms with E-state index in [1.54, 1.807) is 32.9 Å². The number of carbonyl (C=O) groups is 1. The number of aryl methyl sites for hydroxylation is 1. The van der Waals surface area contributed by atoms with Gasteiger partial charge in [-0.25, -0.2) is 14.4 Å². The molecule has 0 fully saturated rings. The van der Waals surface area contributed by atoms with Gasteiger partial charge in [-0.1, -0.05) is 0 Å². The van der Waals surface area contributed by atoms with Crippen molar-refractivity contribution in [3.05, 3.63) is 41.0 Å². The van der Waals surface area contributed by atoms with Crippen molar-refractivity contribution in [2.24, 2.45) is 15.7 Å². The highest BCUT2D eigenvalue weighted by atomic mass is 19.1. The maximum absolute atomic E-state index is 13.7. The maximum Gasteiger partial charge on any atom is 0.275 e. The van der Waals surface area contributed by atoms with Gasteiger partial charge in [-0.05, 0) is 38.5 Å². The van der Waals surface area contributed by atoms with E-state index < -0.39 is 18.1 Å². The first-order valence-electron chi connectivity index (χ1n) is 8.23. The van der Waals surface area contributed by atoms with Gasteiger partial charge in [0.25, 0.3) is 5.91 Å². The molecule has 2 heterocycles. The molecule has 1 amide bonds. The van der Waals surface area contributed by atoms with E-state index in [0.29, 0.717) is 16.8 Å². The maximum atomic E-state index is 13.7. The van der Waals surface area contributed by atoms with E-state index in [1.165, 1.54) is 6.20 Å². The number of alkyl halides is 1. The van der Waals surface area contributed by atoms with Crippen LogP contribution in [0.4, 0.5) is 4.39 Å². The normalized spacial score (nSPS) is 20.6. The van der Waals surface area contributed by atoms with Crippen molar-refractivity contribution in [1.29, 1.82) is 5.26 Å². The van der Waals surface area contributed by atoms with Crippen molar-refractivity contribution >= 4 is 17.5 Å². The van der Waals surface area contributed by atoms with Crippen molar-refractivity contribution in [1.82, 2.24) is 10.3 Å². The smallest absolute Gasteiger partial charge is 0.275 e. The Bertz CT molecular complexity index is 871. The second-order valence-corrected chi connectivity index (χ2v) is 6.09. The van der Waals surface area contributed by atoms with Crippen LogP contribution in [0.1, 0.15) is 35.5 Å². The summed E-state index contributed by atoms with van der Waals surface area (Å²) in [5, 5.41) is 11.5. The first-order chi connectivity index (χ1) is 12.8. The van der Waals surface area contributed by atoms with Crippen molar-refractivity contribution in [3.8, 4) is 6.07 Å². The van der Waals surface area contributed by atoms with Crippen molar-refractivity contribution in [2.75, 3.05) is 19.9 Å². The molecule has 1 unspecified atom stereocenters. The molecule has 0 saturated carbocycles. The lowest BCUT2D eigenvalue weighted by molar-refractivity contribution is 0.0959. The van der Waals surface area contributed by atoms with Gasteiger partial charge in [0.2, 0.25) is 0 Å². The van der Waals surface area contributed by atoms with Crippen molar-refractivity contribution in [3.63, 3.8) is 0 Å². The molecule has 0 saturated heterocycles. The number of aliphatic imine (C=N–C) groups is 2. The summed E-state index contributed by atoms with van der Waals surface area (Å²) in [4.78, 5) is 25.0. The molecule has 0 aliphatic carbocycles. The molecule has 27 heavy (non-hydrogen) atoms. The third-order valence-corrected chi connectivity index (χ3v) is 4.07. The number of nitrogens with two attached hydrogens (primary N) is 1. The zero-order valence-electron chi connectivity index (χ0n) is 15.4. The van der Waals surface area contributed by atoms with E-state index >= 15 is 0 Å². The number of halogens is 1. The fraction of sp³-hybridized carbons (Fsp3) is 0.389. The topological polar surface area (TPSA) is 126 Å². The van der Waals surface area contributed by atoms with E-state index in [1.807, 2.05) is 6.07 Å². The fourth-order valence-electron chi connectivity index (χ4n) is 2.51. The number of amidine groups is 1. The number of nitrogens with zero attached hydrogens (tertiary/aromatic N) is 4. The van der Waals surface area contributed by atoms with Gasteiger partial charge in [0.05, 0.1) is 12.2 Å². The zero-order valence-corrected chi connectivity index (χ0v) is 15.4. The van der Waals surface area contributed by atoms with E-state index in [9.17, 15) is 9.18 Å². The third kappa shape index (κ3) is 4.54. The molecule has 1 aromatic rings. The van der Waals surface area contributed by atoms with Gasteiger partial charge in [0.15, 0.2) is 5.54 Å². The van der Waals surface area contributed by atoms with Gasteiger partial charge in [-0.2, -0.15) is 5.26 Å². The van der Waals surface area contributed by atoms with Crippen molar-refractivity contribution in [2.45, 2.75) is 26.3 Å². The van der Waals surface area contributed by atoms with Crippen LogP contribution in [0.2, 0.25) is 0 Å². The number of ether oxygens (including phenoxy) is 1. The Labute approximate surface area is 156 Å². The van der Waals surface area contributed by atoms with Gasteiger partial charge >= 0.3 is 0 Å². The number of nitriles is 1. The SMILES string of the molecule is CC=C(N=C(C)C1(CF)COCC(N)=N1)NC(=O)c1ncc(C#N)cc1C. The highest BCUT2D eigenvalue weighted by Gasteiger charge is 2.37. The Balaban J connectivity index is 2.25. The number of hydrogen-bond acceptors (Lipinski definition) is 7. The summed E-state index contributed by atoms with van der Waals surface area (Å²) in [5.41, 5.74) is 5.79. The van der Waals surface area contributed by atoms with Gasteiger partial charge < -0.3 is 15.8 Å². The second kappa shape index (κ2) is 8.51. The Morgan fingerprint density at radius 3 is 2.93 bits per heavy atom. The lowest BCUT2D eigenvalue weighted by Gasteiger charge is -2.30. The molecular formula is C18H21FN6O2. The van der Waals surface area contributed by atoms with Crippen LogP contribution in [-0.4, -0.2) is 47.9 Å². The largest absolute Gasteiger partial charge is 0.385 e. The summed E-state index contributed by atoms with van der Waals surface area (Å²) in [6.07, 6.45) is 2.89. The van der Waals surface area contributed by atoms with Crippen LogP contribution < -0.4 is 11.1 Å². The van der Waals surface area contributed by atoms with Gasteiger partial charge in [-0.15, -0.1) is 0 Å². The summed E-state index contributed by atoms with van der Waals surface area (Å²) in [7, 11) is 0. The minimum Gasteiger partial charge on any atom is -0.385 e. The Kier molecular flexibility index (Phi) is 6.36. The van der Waals surface area contributed by atoms with Crippen LogP contribution in [-0.2, 0) is 4.74 Å². The lowest BCUT2D eigenvalue weighted by atomic mass is 9.96. The van der Waals surface area contributed by atoms with Crippen LogP contribution in [0.25, 0.3) is 0 Å². The van der Waals surface area contributed by atoms with E-state index in [4.69, 9.17) is 15.7 Å². The lowest BCUT2D eigenvalue weighted by Crippen LogP contribution is -2.48. The van der Waals surface area contributed by atoms with Crippen molar-refractivity contribution < 1.29 is 13.9 Å². The van der Waals surface area contributed by atoms with Crippen LogP contribution in [0, 0.1) is 18.3 Å². The molecule has 142 valence electrons. The molecule has 1 aliphatic heterocycles. The Hall–Kier alpha value is -3.12. The fourth-order valence-corrected chi connectivity index (χ4v) is 2.51. The van der Waals surface area contributed by atoms with Gasteiger partial charge in [0.1, 0.15) is 36.7 Å². The number of pyridine rings is 1. The van der Waals surface area contributed by atoms with E-state index in [-0.39, 0.29) is 30.6 Å². The van der Waals surface area contributed by atoms with Crippen LogP contribution in [0.5, 0.6) is 0 Å². The molecule has 2 rings (SSSR count). The average molecular weight is 372 g/mol. The number of hydrogen-bond donors (Lipinski definition) is 2. The zero-order chi connectivity index (χ0) is 20.0. The minimum absolute atomic E-state index is 0.0146. The van der Waals surface area contributed by atoms with Crippen LogP contribution >= 0.6 is 0 Å². The average Bonchev–Trinajstić information content (AvgIpc) is 2.66. The first kappa shape index (κ1) is 20.2. The molecule has 1 aromatic heterocycles. The second-order valence-electron chi connectivity index (χ2n) is 6.09. The Morgan fingerprint density at radius 2 is 2.37 bits per heavy atom. The van der Waals surface area contributed by atoms with E-state index in [2.05, 4.69) is 20.3 Å². The van der Waals surface area contributed by atoms with Gasteiger partial charge in [-0.3, -0.25) is 9.79 Å². The summed E-state index contributed by atoms with van der Waals surface area (Å²) in [6, 6.07) is 3.54. The number of carbonyl (C=O) groups excluding carboxylic acids is 1. The summed E-state index contributed by atoms with van der Waals surface area (Å²) in [5.74, 6) is -0.0778. The highest BCUT2D eigenvalue weighted by Crippen LogP contribution is 2.20. The number of nitrogens with one attached hydrogen (secondary N) is 1. The quantitative estimate of drug-likeness (QED) is 0.756. The summed E-state index contributed by atoms with van der Waals surface area (Å²) >= 11 is 0. The molecule has 1 atom stereocenters. The highest BCUT2D eigenvalue weighted by molar-refractivity contribution is 5.98. The molecular weight excluding hydrogens is 351 g/mol. The molecule has 8 nitrogen and oxygen atoms in total. The number of allylic oxidation sites excluding steroid dienone is 1. The molecule has 9 heteroatoms. The Morgan fingerprint density at radius 1 is 1.63 bits per heavy atom. The molecule has 0 radical (unpaired) electrons. The third-order valence-electron chi connectivity index (χ3n) is 4.07. The van der Waals surface area contributed by atoms with E-state index in [0.717, 1.165) is 0 Å². The minimum atomic E-state index is -1.30. The molecule has 1 aliphatic rings. The molecule has 0 spiro atoms. The standard InChI is InChI=1S/C18H21FN6O2/c1-4-15(23-12(3)18(9-19)10-27-8-14(21)25-18)24-17(26)16-11(2)5-13(6-20)7-22-16/h4-5,7H,8-10H2,1-3H3,(H2,21,25)(H,24,26). The molecule has 0 aromatic carbocycles. The van der Waals surface area contributed by atoms with Crippen LogP contribution in [0.15, 0.2) is 34.1 Å². The van der Waals surface area contributed by atoms with Gasteiger partial charge in [0, 0.05) is 11.9 Å². The first-order valence-corrected chi connectivity index (χ1v) is 8.23. The summed E-state index contributed by atoms with van der Waals surface area (Å²) in [6.45, 7) is 4.30. The monoisotopic (exact) mass is 372 g/mol. The molecule has 3 N–H and O–H groups in total. The predicted molar refractivity (Wildman–Crippen MR) is 99.2 cm³/mol. The predicted octanol–water partition coefficient (Wildman–Crippen LogP) is 1.41. The molecule has 0 bridgehead atoms. The number of rotatable bonds is 5. The number of amides is 1. The van der Waals surface area contributed by atoms with Crippen LogP contribution in [0.3, 0.4) is 0 Å². The number of aromatic nitrogens is 1.